The highest BCUT2D eigenvalue weighted by Crippen LogP contribution is 2.36. The number of hydrogen-bond donors (Lipinski definition) is 0. The molecule has 0 unspecified atom stereocenters. The van der Waals surface area contributed by atoms with Gasteiger partial charge in [0.2, 0.25) is 0 Å². The Bertz CT molecular complexity index is 1000. The van der Waals surface area contributed by atoms with Gasteiger partial charge >= 0.3 is 0 Å². The van der Waals surface area contributed by atoms with Crippen molar-refractivity contribution < 1.29 is 9.13 Å². The Labute approximate surface area is 170 Å². The third-order valence-corrected chi connectivity index (χ3v) is 4.71. The van der Waals surface area contributed by atoms with Crippen molar-refractivity contribution in [3.63, 3.8) is 0 Å². The fourth-order valence-electron chi connectivity index (χ4n) is 2.55. The van der Waals surface area contributed by atoms with Gasteiger partial charge in [0.05, 0.1) is 21.1 Å². The van der Waals surface area contributed by atoms with E-state index in [0.717, 1.165) is 5.56 Å². The number of rotatable bonds is 5. The van der Waals surface area contributed by atoms with Crippen LogP contribution in [0.1, 0.15) is 16.7 Å². The van der Waals surface area contributed by atoms with E-state index in [-0.39, 0.29) is 11.1 Å². The second-order valence-electron chi connectivity index (χ2n) is 5.74. The maximum Gasteiger partial charge on any atom is 0.152 e. The van der Waals surface area contributed by atoms with Crippen LogP contribution in [0, 0.1) is 17.1 Å². The largest absolute Gasteiger partial charge is 0.486 e. The van der Waals surface area contributed by atoms with Gasteiger partial charge in [-0.3, -0.25) is 0 Å². The van der Waals surface area contributed by atoms with Gasteiger partial charge in [-0.1, -0.05) is 60.1 Å². The lowest BCUT2D eigenvalue weighted by Crippen LogP contribution is -1.97. The first-order valence-corrected chi connectivity index (χ1v) is 9.28. The van der Waals surface area contributed by atoms with E-state index in [9.17, 15) is 9.65 Å². The number of benzene rings is 3. The quantitative estimate of drug-likeness (QED) is 0.318. The first-order chi connectivity index (χ1) is 13.1. The number of nitriles is 1. The van der Waals surface area contributed by atoms with Gasteiger partial charge < -0.3 is 4.74 Å². The van der Waals surface area contributed by atoms with Crippen LogP contribution in [0.5, 0.6) is 5.75 Å². The van der Waals surface area contributed by atoms with Gasteiger partial charge in [0.25, 0.3) is 0 Å². The van der Waals surface area contributed by atoms with Gasteiger partial charge in [0.1, 0.15) is 12.4 Å². The minimum Gasteiger partial charge on any atom is -0.486 e. The number of ether oxygens (including phenoxy) is 1. The third kappa shape index (κ3) is 4.77. The van der Waals surface area contributed by atoms with E-state index < -0.39 is 5.82 Å². The average molecular weight is 443 g/mol. The van der Waals surface area contributed by atoms with Crippen LogP contribution in [-0.2, 0) is 6.61 Å². The molecule has 0 spiro atoms. The first-order valence-electron chi connectivity index (χ1n) is 8.11. The molecule has 0 radical (unpaired) electrons. The minimum absolute atomic E-state index is 0.217. The molecule has 27 heavy (non-hydrogen) atoms. The molecule has 0 aliphatic rings. The molecule has 3 rings (SSSR count). The van der Waals surface area contributed by atoms with E-state index in [1.165, 1.54) is 6.07 Å². The van der Waals surface area contributed by atoms with Crippen molar-refractivity contribution in [1.29, 1.82) is 5.26 Å². The summed E-state index contributed by atoms with van der Waals surface area (Å²) in [4.78, 5) is 0. The molecule has 0 aliphatic heterocycles. The Balaban J connectivity index is 1.88. The molecule has 134 valence electrons. The van der Waals surface area contributed by atoms with Gasteiger partial charge in [0.15, 0.2) is 5.75 Å². The predicted molar refractivity (Wildman–Crippen MR) is 110 cm³/mol. The van der Waals surface area contributed by atoms with E-state index in [2.05, 4.69) is 15.9 Å². The monoisotopic (exact) mass is 441 g/mol. The van der Waals surface area contributed by atoms with Crippen molar-refractivity contribution in [2.24, 2.45) is 0 Å². The molecule has 0 amide bonds. The molecule has 0 bridgehead atoms. The molecule has 0 fully saturated rings. The summed E-state index contributed by atoms with van der Waals surface area (Å²) in [6, 6.07) is 21.4. The van der Waals surface area contributed by atoms with Crippen LogP contribution in [0.3, 0.4) is 0 Å². The Morgan fingerprint density at radius 2 is 1.81 bits per heavy atom. The van der Waals surface area contributed by atoms with Crippen molar-refractivity contribution in [2.75, 3.05) is 0 Å². The van der Waals surface area contributed by atoms with Crippen molar-refractivity contribution in [2.45, 2.75) is 6.61 Å². The lowest BCUT2D eigenvalue weighted by Gasteiger charge is -2.11. The van der Waals surface area contributed by atoms with Crippen LogP contribution in [-0.4, -0.2) is 0 Å². The summed E-state index contributed by atoms with van der Waals surface area (Å²) in [5.74, 6) is 0.0698. The molecule has 0 saturated heterocycles. The van der Waals surface area contributed by atoms with Crippen LogP contribution >= 0.6 is 27.5 Å². The minimum atomic E-state index is -0.446. The molecule has 3 aromatic carbocycles. The van der Waals surface area contributed by atoms with Crippen LogP contribution in [0.4, 0.5) is 4.39 Å². The topological polar surface area (TPSA) is 33.0 Å². The number of halogens is 3. The molecule has 0 aromatic heterocycles. The average Bonchev–Trinajstić information content (AvgIpc) is 2.67. The fraction of sp³-hybridized carbons (Fsp3) is 0.0455. The highest BCUT2D eigenvalue weighted by Gasteiger charge is 2.11. The van der Waals surface area contributed by atoms with E-state index >= 15 is 0 Å². The maximum atomic E-state index is 14.0. The second-order valence-corrected chi connectivity index (χ2v) is 7.00. The summed E-state index contributed by atoms with van der Waals surface area (Å²) in [7, 11) is 0. The van der Waals surface area contributed by atoms with Gasteiger partial charge in [-0.25, -0.2) is 4.39 Å². The van der Waals surface area contributed by atoms with Gasteiger partial charge in [-0.15, -0.1) is 0 Å². The third-order valence-electron chi connectivity index (χ3n) is 3.84. The molecule has 0 N–H and O–H groups in total. The lowest BCUT2D eigenvalue weighted by atomic mass is 10.0. The van der Waals surface area contributed by atoms with Crippen LogP contribution in [0.2, 0.25) is 5.02 Å². The standard InChI is InChI=1S/C22H14BrClFNO/c23-19-11-16(10-17(13-26)18-8-4-5-9-21(18)25)12-20(24)22(19)27-14-15-6-2-1-3-7-15/h1-12H,14H2. The molecule has 2 nitrogen and oxygen atoms in total. The molecule has 0 atom stereocenters. The molecule has 5 heteroatoms. The van der Waals surface area contributed by atoms with Crippen LogP contribution in [0.25, 0.3) is 11.6 Å². The molecule has 0 aliphatic carbocycles. The summed E-state index contributed by atoms with van der Waals surface area (Å²) < 4.78 is 20.4. The predicted octanol–water partition coefficient (Wildman–Crippen LogP) is 6.88. The van der Waals surface area contributed by atoms with Crippen molar-refractivity contribution >= 4 is 39.2 Å². The zero-order valence-corrected chi connectivity index (χ0v) is 16.5. The van der Waals surface area contributed by atoms with Crippen molar-refractivity contribution in [3.8, 4) is 11.8 Å². The van der Waals surface area contributed by atoms with E-state index in [1.807, 2.05) is 36.4 Å². The highest BCUT2D eigenvalue weighted by atomic mass is 79.9. The highest BCUT2D eigenvalue weighted by molar-refractivity contribution is 9.10. The zero-order valence-electron chi connectivity index (χ0n) is 14.1. The second kappa shape index (κ2) is 8.85. The molecule has 0 heterocycles. The Hall–Kier alpha value is -2.61. The smallest absolute Gasteiger partial charge is 0.152 e. The van der Waals surface area contributed by atoms with Gasteiger partial charge in [-0.05, 0) is 51.3 Å². The summed E-state index contributed by atoms with van der Waals surface area (Å²) >= 11 is 9.82. The van der Waals surface area contributed by atoms with Crippen LogP contribution < -0.4 is 4.74 Å². The number of allylic oxidation sites excluding steroid dienone is 1. The lowest BCUT2D eigenvalue weighted by molar-refractivity contribution is 0.304. The number of hydrogen-bond acceptors (Lipinski definition) is 2. The number of nitrogens with zero attached hydrogens (tertiary/aromatic N) is 1. The van der Waals surface area contributed by atoms with E-state index in [1.54, 1.807) is 36.4 Å². The molecule has 3 aromatic rings. The summed E-state index contributed by atoms with van der Waals surface area (Å²) in [5, 5.41) is 9.81. The van der Waals surface area contributed by atoms with Gasteiger partial charge in [0, 0.05) is 5.56 Å². The summed E-state index contributed by atoms with van der Waals surface area (Å²) in [5.41, 5.74) is 2.15. The SMILES string of the molecule is N#CC(=Cc1cc(Cl)c(OCc2ccccc2)c(Br)c1)c1ccccc1F. The molecular weight excluding hydrogens is 429 g/mol. The summed E-state index contributed by atoms with van der Waals surface area (Å²) in [6.45, 7) is 0.382. The van der Waals surface area contributed by atoms with Crippen molar-refractivity contribution in [1.82, 2.24) is 0 Å². The van der Waals surface area contributed by atoms with Crippen LogP contribution in [0.15, 0.2) is 71.2 Å². The van der Waals surface area contributed by atoms with E-state index in [4.69, 9.17) is 16.3 Å². The summed E-state index contributed by atoms with van der Waals surface area (Å²) in [6.07, 6.45) is 1.59. The molecule has 0 saturated carbocycles. The Morgan fingerprint density at radius 3 is 2.48 bits per heavy atom. The normalized spacial score (nSPS) is 11.1. The fourth-order valence-corrected chi connectivity index (χ4v) is 3.54. The first kappa shape index (κ1) is 19.2. The zero-order chi connectivity index (χ0) is 19.2. The van der Waals surface area contributed by atoms with E-state index in [0.29, 0.717) is 27.4 Å². The van der Waals surface area contributed by atoms with Crippen molar-refractivity contribution in [3.05, 3.63) is 98.7 Å². The maximum absolute atomic E-state index is 14.0. The Kier molecular flexibility index (Phi) is 6.28. The Morgan fingerprint density at radius 1 is 1.11 bits per heavy atom. The van der Waals surface area contributed by atoms with Gasteiger partial charge in [-0.2, -0.15) is 5.26 Å². The molecular formula is C22H14BrClFNO.